The van der Waals surface area contributed by atoms with Crippen LogP contribution in [0.4, 0.5) is 8.78 Å². The van der Waals surface area contributed by atoms with Crippen molar-refractivity contribution in [1.82, 2.24) is 10.2 Å². The molecule has 6 heteroatoms. The molecule has 3 aromatic rings. The number of halogens is 2. The summed E-state index contributed by atoms with van der Waals surface area (Å²) < 4.78 is 26.6. The van der Waals surface area contributed by atoms with Gasteiger partial charge in [0, 0.05) is 20.0 Å². The Morgan fingerprint density at radius 1 is 0.806 bits per heavy atom. The van der Waals surface area contributed by atoms with Crippen LogP contribution in [0, 0.1) is 11.6 Å². The Labute approximate surface area is 180 Å². The monoisotopic (exact) mass is 422 g/mol. The lowest BCUT2D eigenvalue weighted by Gasteiger charge is -2.31. The predicted molar refractivity (Wildman–Crippen MR) is 115 cm³/mol. The highest BCUT2D eigenvalue weighted by Gasteiger charge is 2.29. The number of rotatable bonds is 8. The first-order chi connectivity index (χ1) is 15.0. The normalized spacial score (nSPS) is 11.6. The molecule has 0 aromatic heterocycles. The van der Waals surface area contributed by atoms with E-state index in [9.17, 15) is 18.4 Å². The van der Waals surface area contributed by atoms with Crippen molar-refractivity contribution in [1.29, 1.82) is 0 Å². The van der Waals surface area contributed by atoms with Crippen LogP contribution in [0.2, 0.25) is 0 Å². The van der Waals surface area contributed by atoms with Gasteiger partial charge in [0.15, 0.2) is 0 Å². The zero-order valence-electron chi connectivity index (χ0n) is 17.2. The van der Waals surface area contributed by atoms with Gasteiger partial charge in [-0.15, -0.1) is 0 Å². The van der Waals surface area contributed by atoms with Gasteiger partial charge < -0.3 is 10.2 Å². The van der Waals surface area contributed by atoms with Crippen LogP contribution in [0.15, 0.2) is 78.9 Å². The van der Waals surface area contributed by atoms with Gasteiger partial charge in [0.25, 0.3) is 0 Å². The Bertz CT molecular complexity index is 1010. The number of hydrogen-bond acceptors (Lipinski definition) is 2. The van der Waals surface area contributed by atoms with E-state index in [0.29, 0.717) is 17.5 Å². The summed E-state index contributed by atoms with van der Waals surface area (Å²) in [7, 11) is 1.53. The van der Waals surface area contributed by atoms with Crippen LogP contribution in [0.3, 0.4) is 0 Å². The molecule has 0 fully saturated rings. The summed E-state index contributed by atoms with van der Waals surface area (Å²) in [5.74, 6) is -1.33. The van der Waals surface area contributed by atoms with Crippen LogP contribution in [0.1, 0.15) is 16.7 Å². The minimum atomic E-state index is -0.759. The van der Waals surface area contributed by atoms with E-state index in [1.165, 1.54) is 36.2 Å². The molecule has 0 saturated heterocycles. The van der Waals surface area contributed by atoms with Crippen molar-refractivity contribution >= 4 is 11.8 Å². The van der Waals surface area contributed by atoms with E-state index < -0.39 is 6.04 Å². The highest BCUT2D eigenvalue weighted by atomic mass is 19.1. The number of nitrogens with zero attached hydrogens (tertiary/aromatic N) is 1. The molecule has 3 aromatic carbocycles. The Hall–Kier alpha value is -3.54. The summed E-state index contributed by atoms with van der Waals surface area (Å²) in [6.07, 6.45) is 0.348. The first kappa shape index (κ1) is 22.2. The Morgan fingerprint density at radius 2 is 1.35 bits per heavy atom. The molecule has 0 saturated carbocycles. The van der Waals surface area contributed by atoms with E-state index in [1.54, 1.807) is 24.3 Å². The second-order valence-electron chi connectivity index (χ2n) is 7.27. The summed E-state index contributed by atoms with van der Waals surface area (Å²) in [5, 5.41) is 2.64. The van der Waals surface area contributed by atoms with Crippen LogP contribution in [0.25, 0.3) is 0 Å². The fourth-order valence-corrected chi connectivity index (χ4v) is 3.39. The third-order valence-electron chi connectivity index (χ3n) is 5.05. The molecule has 4 nitrogen and oxygen atoms in total. The second-order valence-corrected chi connectivity index (χ2v) is 7.27. The van der Waals surface area contributed by atoms with Gasteiger partial charge in [-0.3, -0.25) is 9.59 Å². The molecule has 0 aliphatic carbocycles. The molecule has 0 heterocycles. The summed E-state index contributed by atoms with van der Waals surface area (Å²) >= 11 is 0. The third-order valence-corrected chi connectivity index (χ3v) is 5.05. The second kappa shape index (κ2) is 10.5. The summed E-state index contributed by atoms with van der Waals surface area (Å²) in [6, 6.07) is 20.2. The summed E-state index contributed by atoms with van der Waals surface area (Å²) in [5.41, 5.74) is 2.26. The number of likely N-dealkylation sites (N-methyl/N-ethyl adjacent to an activating group) is 1. The predicted octanol–water partition coefficient (Wildman–Crippen LogP) is 3.89. The standard InChI is InChI=1S/C25H24F2N2O2/c1-28-25(31)23(15-18-5-3-2-4-6-18)29(17-20-9-13-22(27)14-10-20)24(30)16-19-7-11-21(26)12-8-19/h2-14,23H,15-17H2,1H3,(H,28,31)/t23-/m1/s1. The number of carbonyl (C=O) groups excluding carboxylic acids is 2. The van der Waals surface area contributed by atoms with E-state index in [1.807, 2.05) is 30.3 Å². The van der Waals surface area contributed by atoms with Gasteiger partial charge in [-0.1, -0.05) is 54.6 Å². The molecule has 0 aliphatic heterocycles. The molecule has 1 atom stereocenters. The van der Waals surface area contributed by atoms with Crippen LogP contribution < -0.4 is 5.32 Å². The van der Waals surface area contributed by atoms with Gasteiger partial charge >= 0.3 is 0 Å². The highest BCUT2D eigenvalue weighted by Crippen LogP contribution is 2.17. The van der Waals surface area contributed by atoms with Crippen molar-refractivity contribution in [3.8, 4) is 0 Å². The first-order valence-electron chi connectivity index (χ1n) is 10.00. The number of carbonyl (C=O) groups is 2. The topological polar surface area (TPSA) is 49.4 Å². The Balaban J connectivity index is 1.92. The minimum absolute atomic E-state index is 0.0176. The zero-order valence-corrected chi connectivity index (χ0v) is 17.2. The van der Waals surface area contributed by atoms with Crippen molar-refractivity contribution < 1.29 is 18.4 Å². The lowest BCUT2D eigenvalue weighted by molar-refractivity contribution is -0.140. The van der Waals surface area contributed by atoms with Gasteiger partial charge in [0.05, 0.1) is 6.42 Å². The molecule has 0 unspecified atom stereocenters. The Kier molecular flexibility index (Phi) is 7.49. The maximum Gasteiger partial charge on any atom is 0.242 e. The van der Waals surface area contributed by atoms with E-state index in [0.717, 1.165) is 5.56 Å². The van der Waals surface area contributed by atoms with Gasteiger partial charge in [0.2, 0.25) is 11.8 Å². The average Bonchev–Trinajstić information content (AvgIpc) is 2.79. The quantitative estimate of drug-likeness (QED) is 0.599. The molecule has 160 valence electrons. The van der Waals surface area contributed by atoms with Gasteiger partial charge in [-0.2, -0.15) is 0 Å². The van der Waals surface area contributed by atoms with Crippen LogP contribution in [0.5, 0.6) is 0 Å². The van der Waals surface area contributed by atoms with Crippen molar-refractivity contribution in [2.75, 3.05) is 7.05 Å². The fraction of sp³-hybridized carbons (Fsp3) is 0.200. The molecule has 31 heavy (non-hydrogen) atoms. The first-order valence-corrected chi connectivity index (χ1v) is 10.00. The molecular weight excluding hydrogens is 398 g/mol. The third kappa shape index (κ3) is 6.22. The minimum Gasteiger partial charge on any atom is -0.357 e. The number of nitrogens with one attached hydrogen (secondary N) is 1. The molecule has 0 bridgehead atoms. The smallest absolute Gasteiger partial charge is 0.242 e. The molecule has 0 radical (unpaired) electrons. The molecule has 2 amide bonds. The number of benzene rings is 3. The van der Waals surface area contributed by atoms with Crippen molar-refractivity contribution in [3.63, 3.8) is 0 Å². The van der Waals surface area contributed by atoms with Crippen LogP contribution in [-0.2, 0) is 29.0 Å². The number of hydrogen-bond donors (Lipinski definition) is 1. The molecule has 3 rings (SSSR count). The van der Waals surface area contributed by atoms with Crippen molar-refractivity contribution in [3.05, 3.63) is 107 Å². The van der Waals surface area contributed by atoms with Gasteiger partial charge in [-0.05, 0) is 41.0 Å². The molecule has 1 N–H and O–H groups in total. The molecular formula is C25H24F2N2O2. The summed E-state index contributed by atoms with van der Waals surface area (Å²) in [6.45, 7) is 0.144. The van der Waals surface area contributed by atoms with Crippen LogP contribution in [-0.4, -0.2) is 29.8 Å². The average molecular weight is 422 g/mol. The molecule has 0 aliphatic rings. The molecule has 0 spiro atoms. The SMILES string of the molecule is CNC(=O)[C@@H](Cc1ccccc1)N(Cc1ccc(F)cc1)C(=O)Cc1ccc(F)cc1. The van der Waals surface area contributed by atoms with E-state index in [2.05, 4.69) is 5.32 Å². The highest BCUT2D eigenvalue weighted by molar-refractivity contribution is 5.88. The lowest BCUT2D eigenvalue weighted by Crippen LogP contribution is -2.50. The lowest BCUT2D eigenvalue weighted by atomic mass is 10.0. The van der Waals surface area contributed by atoms with Gasteiger partial charge in [-0.25, -0.2) is 8.78 Å². The van der Waals surface area contributed by atoms with E-state index in [4.69, 9.17) is 0 Å². The van der Waals surface area contributed by atoms with E-state index >= 15 is 0 Å². The van der Waals surface area contributed by atoms with Crippen LogP contribution >= 0.6 is 0 Å². The van der Waals surface area contributed by atoms with Crippen molar-refractivity contribution in [2.24, 2.45) is 0 Å². The van der Waals surface area contributed by atoms with Crippen molar-refractivity contribution in [2.45, 2.75) is 25.4 Å². The maximum absolute atomic E-state index is 13.4. The number of amides is 2. The fourth-order valence-electron chi connectivity index (χ4n) is 3.39. The summed E-state index contributed by atoms with van der Waals surface area (Å²) in [4.78, 5) is 27.6. The largest absolute Gasteiger partial charge is 0.357 e. The zero-order chi connectivity index (χ0) is 22.2. The Morgan fingerprint density at radius 3 is 1.90 bits per heavy atom. The van der Waals surface area contributed by atoms with Gasteiger partial charge in [0.1, 0.15) is 17.7 Å². The van der Waals surface area contributed by atoms with E-state index in [-0.39, 0.29) is 36.4 Å². The maximum atomic E-state index is 13.4.